The summed E-state index contributed by atoms with van der Waals surface area (Å²) in [5.74, 6) is 0.121. The van der Waals surface area contributed by atoms with Crippen LogP contribution in [0.5, 0.6) is 0 Å². The second-order valence-corrected chi connectivity index (χ2v) is 7.86. The van der Waals surface area contributed by atoms with Crippen LogP contribution in [0, 0.1) is 6.92 Å². The van der Waals surface area contributed by atoms with Gasteiger partial charge in [-0.25, -0.2) is 12.7 Å². The van der Waals surface area contributed by atoms with Crippen LogP contribution in [-0.2, 0) is 15.8 Å². The summed E-state index contributed by atoms with van der Waals surface area (Å²) in [6, 6.07) is 7.72. The van der Waals surface area contributed by atoms with Crippen molar-refractivity contribution in [3.05, 3.63) is 35.4 Å². The molecule has 1 heterocycles. The summed E-state index contributed by atoms with van der Waals surface area (Å²) in [6.07, 6.45) is 3.01. The van der Waals surface area contributed by atoms with E-state index < -0.39 is 10.0 Å². The van der Waals surface area contributed by atoms with Crippen molar-refractivity contribution >= 4 is 21.8 Å². The Hall–Kier alpha value is -0.520. The van der Waals surface area contributed by atoms with Crippen LogP contribution in [0.4, 0.5) is 0 Å². The number of hydrogen-bond acceptors (Lipinski definition) is 3. The molecule has 0 aliphatic carbocycles. The van der Waals surface area contributed by atoms with E-state index in [9.17, 15) is 8.42 Å². The Morgan fingerprint density at radius 1 is 1.44 bits per heavy atom. The molecule has 1 aliphatic rings. The Bertz CT molecular complexity index is 513. The summed E-state index contributed by atoms with van der Waals surface area (Å²) in [7, 11) is -3.15. The third-order valence-electron chi connectivity index (χ3n) is 3.27. The van der Waals surface area contributed by atoms with Gasteiger partial charge in [0, 0.05) is 18.3 Å². The molecule has 3 nitrogen and oxygen atoms in total. The van der Waals surface area contributed by atoms with E-state index >= 15 is 0 Å². The lowest BCUT2D eigenvalue weighted by Crippen LogP contribution is -2.30. The molecule has 0 unspecified atom stereocenters. The van der Waals surface area contributed by atoms with Crippen molar-refractivity contribution in [3.8, 4) is 0 Å². The van der Waals surface area contributed by atoms with Gasteiger partial charge in [0.1, 0.15) is 0 Å². The van der Waals surface area contributed by atoms with Gasteiger partial charge in [-0.05, 0) is 25.2 Å². The Labute approximate surface area is 114 Å². The molecule has 1 aromatic rings. The summed E-state index contributed by atoms with van der Waals surface area (Å²) < 4.78 is 26.2. The van der Waals surface area contributed by atoms with Gasteiger partial charge < -0.3 is 0 Å². The molecule has 0 saturated carbocycles. The van der Waals surface area contributed by atoms with E-state index in [4.69, 9.17) is 0 Å². The molecule has 18 heavy (non-hydrogen) atoms. The van der Waals surface area contributed by atoms with Crippen molar-refractivity contribution in [2.45, 2.75) is 24.3 Å². The number of aryl methyl sites for hydroxylation is 1. The zero-order valence-corrected chi connectivity index (χ0v) is 12.4. The summed E-state index contributed by atoms with van der Waals surface area (Å²) >= 11 is 1.75. The predicted molar refractivity (Wildman–Crippen MR) is 77.3 cm³/mol. The van der Waals surface area contributed by atoms with Gasteiger partial charge in [0.25, 0.3) is 0 Å². The normalized spacial score (nSPS) is 21.3. The third kappa shape index (κ3) is 3.28. The second kappa shape index (κ2) is 5.63. The quantitative estimate of drug-likeness (QED) is 0.851. The van der Waals surface area contributed by atoms with Gasteiger partial charge in [-0.3, -0.25) is 0 Å². The summed E-state index contributed by atoms with van der Waals surface area (Å²) in [5.41, 5.74) is 1.98. The Morgan fingerprint density at radius 2 is 2.22 bits per heavy atom. The minimum absolute atomic E-state index is 0.121. The van der Waals surface area contributed by atoms with Gasteiger partial charge in [-0.15, -0.1) is 0 Å². The number of sulfonamides is 1. The Kier molecular flexibility index (Phi) is 4.35. The molecule has 0 spiro atoms. The van der Waals surface area contributed by atoms with Gasteiger partial charge in [-0.1, -0.05) is 29.8 Å². The monoisotopic (exact) mass is 285 g/mol. The standard InChI is InChI=1S/C13H19NO2S2/c1-11-4-3-5-12(8-11)10-18(15,16)14-7-6-13(9-14)17-2/h3-5,8,13H,6-7,9-10H2,1-2H3/t13-/m1/s1. The zero-order valence-electron chi connectivity index (χ0n) is 10.8. The zero-order chi connectivity index (χ0) is 13.2. The SMILES string of the molecule is CS[C@@H]1CCN(S(=O)(=O)Cc2cccc(C)c2)C1. The molecule has 1 aliphatic heterocycles. The van der Waals surface area contributed by atoms with Crippen LogP contribution in [0.2, 0.25) is 0 Å². The topological polar surface area (TPSA) is 37.4 Å². The molecular formula is C13H19NO2S2. The van der Waals surface area contributed by atoms with Crippen LogP contribution in [0.25, 0.3) is 0 Å². The maximum Gasteiger partial charge on any atom is 0.218 e. The number of nitrogens with zero attached hydrogens (tertiary/aromatic N) is 1. The summed E-state index contributed by atoms with van der Waals surface area (Å²) in [5, 5.41) is 0.456. The lowest BCUT2D eigenvalue weighted by Gasteiger charge is -2.16. The molecule has 0 N–H and O–H groups in total. The van der Waals surface area contributed by atoms with Crippen molar-refractivity contribution in [2.24, 2.45) is 0 Å². The van der Waals surface area contributed by atoms with Crippen LogP contribution in [-0.4, -0.2) is 37.3 Å². The van der Waals surface area contributed by atoms with Gasteiger partial charge in [-0.2, -0.15) is 11.8 Å². The highest BCUT2D eigenvalue weighted by Gasteiger charge is 2.30. The molecule has 0 bridgehead atoms. The van der Waals surface area contributed by atoms with Crippen LogP contribution >= 0.6 is 11.8 Å². The van der Waals surface area contributed by atoms with Gasteiger partial charge in [0.05, 0.1) is 5.75 Å². The third-order valence-corrected chi connectivity index (χ3v) is 6.13. The predicted octanol–water partition coefficient (Wildman–Crippen LogP) is 2.26. The highest BCUT2D eigenvalue weighted by atomic mass is 32.2. The van der Waals surface area contributed by atoms with Crippen LogP contribution in [0.3, 0.4) is 0 Å². The molecule has 0 aromatic heterocycles. The number of hydrogen-bond donors (Lipinski definition) is 0. The van der Waals surface area contributed by atoms with Gasteiger partial charge in [0.15, 0.2) is 0 Å². The highest BCUT2D eigenvalue weighted by molar-refractivity contribution is 7.99. The van der Waals surface area contributed by atoms with Crippen LogP contribution < -0.4 is 0 Å². The van der Waals surface area contributed by atoms with Crippen LogP contribution in [0.1, 0.15) is 17.5 Å². The molecule has 1 saturated heterocycles. The highest BCUT2D eigenvalue weighted by Crippen LogP contribution is 2.24. The largest absolute Gasteiger partial charge is 0.218 e. The van der Waals surface area contributed by atoms with Crippen molar-refractivity contribution in [1.82, 2.24) is 4.31 Å². The van der Waals surface area contributed by atoms with Crippen molar-refractivity contribution in [3.63, 3.8) is 0 Å². The lowest BCUT2D eigenvalue weighted by molar-refractivity contribution is 0.477. The van der Waals surface area contributed by atoms with E-state index in [1.54, 1.807) is 16.1 Å². The number of rotatable bonds is 4. The van der Waals surface area contributed by atoms with E-state index in [1.807, 2.05) is 37.4 Å². The first-order valence-electron chi connectivity index (χ1n) is 6.07. The molecule has 1 atom stereocenters. The number of thioether (sulfide) groups is 1. The Balaban J connectivity index is 2.08. The molecule has 1 fully saturated rings. The number of benzene rings is 1. The van der Waals surface area contributed by atoms with E-state index in [1.165, 1.54) is 0 Å². The molecule has 0 radical (unpaired) electrons. The summed E-state index contributed by atoms with van der Waals surface area (Å²) in [4.78, 5) is 0. The summed E-state index contributed by atoms with van der Waals surface area (Å²) in [6.45, 7) is 3.31. The minimum atomic E-state index is -3.15. The molecule has 0 amide bonds. The van der Waals surface area contributed by atoms with E-state index in [-0.39, 0.29) is 5.75 Å². The maximum absolute atomic E-state index is 12.3. The molecule has 1 aromatic carbocycles. The van der Waals surface area contributed by atoms with Crippen LogP contribution in [0.15, 0.2) is 24.3 Å². The fourth-order valence-electron chi connectivity index (χ4n) is 2.25. The first-order chi connectivity index (χ1) is 8.51. The average Bonchev–Trinajstić information content (AvgIpc) is 2.77. The smallest absolute Gasteiger partial charge is 0.212 e. The first-order valence-corrected chi connectivity index (χ1v) is 8.97. The van der Waals surface area contributed by atoms with Gasteiger partial charge >= 0.3 is 0 Å². The van der Waals surface area contributed by atoms with E-state index in [0.29, 0.717) is 18.3 Å². The second-order valence-electron chi connectivity index (χ2n) is 4.75. The molecule has 2 rings (SSSR count). The molecule has 5 heteroatoms. The fraction of sp³-hybridized carbons (Fsp3) is 0.538. The van der Waals surface area contributed by atoms with Crippen molar-refractivity contribution in [2.75, 3.05) is 19.3 Å². The van der Waals surface area contributed by atoms with Crippen molar-refractivity contribution in [1.29, 1.82) is 0 Å². The fourth-order valence-corrected chi connectivity index (χ4v) is 4.59. The van der Waals surface area contributed by atoms with E-state index in [2.05, 4.69) is 0 Å². The molecular weight excluding hydrogens is 266 g/mol. The maximum atomic E-state index is 12.3. The van der Waals surface area contributed by atoms with Crippen molar-refractivity contribution < 1.29 is 8.42 Å². The first kappa shape index (κ1) is 13.9. The minimum Gasteiger partial charge on any atom is -0.212 e. The average molecular weight is 285 g/mol. The molecule has 100 valence electrons. The van der Waals surface area contributed by atoms with E-state index in [0.717, 1.165) is 17.5 Å². The Morgan fingerprint density at radius 3 is 2.83 bits per heavy atom. The van der Waals surface area contributed by atoms with Gasteiger partial charge in [0.2, 0.25) is 10.0 Å². The lowest BCUT2D eigenvalue weighted by atomic mass is 10.2.